The average Bonchev–Trinajstić information content (AvgIpc) is 2.51. The second-order valence-electron chi connectivity index (χ2n) is 5.34. The molecule has 0 radical (unpaired) electrons. The van der Waals surface area contributed by atoms with Crippen molar-refractivity contribution in [1.82, 2.24) is 5.32 Å². The summed E-state index contributed by atoms with van der Waals surface area (Å²) in [5.74, 6) is -3.30. The Morgan fingerprint density at radius 3 is 2.17 bits per heavy atom. The van der Waals surface area contributed by atoms with Gasteiger partial charge >= 0.3 is 11.9 Å². The van der Waals surface area contributed by atoms with Gasteiger partial charge in [-0.05, 0) is 31.1 Å². The summed E-state index contributed by atoms with van der Waals surface area (Å²) >= 11 is 0. The Hall–Kier alpha value is -3.33. The molecule has 0 unspecified atom stereocenters. The largest absolute Gasteiger partial charge is 0.478 e. The van der Waals surface area contributed by atoms with Gasteiger partial charge in [-0.3, -0.25) is 0 Å². The molecule has 0 saturated heterocycles. The van der Waals surface area contributed by atoms with Crippen molar-refractivity contribution in [3.8, 4) is 6.07 Å². The van der Waals surface area contributed by atoms with Gasteiger partial charge < -0.3 is 15.5 Å². The van der Waals surface area contributed by atoms with E-state index in [1.807, 2.05) is 6.07 Å². The molecule has 0 fully saturated rings. The Balaban J connectivity index is 2.77. The normalized spacial score (nSPS) is 15.4. The first-order valence-corrected chi connectivity index (χ1v) is 7.18. The molecule has 0 aromatic heterocycles. The molecule has 6 nitrogen and oxygen atoms in total. The van der Waals surface area contributed by atoms with E-state index in [1.54, 1.807) is 44.2 Å². The van der Waals surface area contributed by atoms with Gasteiger partial charge in [0.2, 0.25) is 0 Å². The number of dihydropyridines is 1. The zero-order valence-corrected chi connectivity index (χ0v) is 13.2. The summed E-state index contributed by atoms with van der Waals surface area (Å²) in [6.07, 6.45) is 2.81. The number of rotatable bonds is 4. The van der Waals surface area contributed by atoms with Crippen LogP contribution in [-0.2, 0) is 9.59 Å². The lowest BCUT2D eigenvalue weighted by atomic mass is 9.78. The van der Waals surface area contributed by atoms with Crippen LogP contribution in [0, 0.1) is 11.3 Å². The highest BCUT2D eigenvalue weighted by Crippen LogP contribution is 2.39. The van der Waals surface area contributed by atoms with Crippen LogP contribution < -0.4 is 5.32 Å². The number of carbonyl (C=O) groups is 2. The second-order valence-corrected chi connectivity index (χ2v) is 5.34. The maximum absolute atomic E-state index is 11.8. The zero-order chi connectivity index (χ0) is 17.9. The van der Waals surface area contributed by atoms with Crippen molar-refractivity contribution < 1.29 is 19.8 Å². The lowest BCUT2D eigenvalue weighted by molar-refractivity contribution is -0.133. The first-order chi connectivity index (χ1) is 11.4. The third-order valence-corrected chi connectivity index (χ3v) is 3.87. The summed E-state index contributed by atoms with van der Waals surface area (Å²) in [7, 11) is 0. The van der Waals surface area contributed by atoms with Gasteiger partial charge in [-0.2, -0.15) is 5.26 Å². The predicted octanol–water partition coefficient (Wildman–Crippen LogP) is 2.63. The summed E-state index contributed by atoms with van der Waals surface area (Å²) in [5, 5.41) is 30.8. The number of nitriles is 1. The minimum Gasteiger partial charge on any atom is -0.478 e. The van der Waals surface area contributed by atoms with Crippen molar-refractivity contribution in [3.05, 3.63) is 64.0 Å². The highest BCUT2D eigenvalue weighted by atomic mass is 16.4. The smallest absolute Gasteiger partial charge is 0.334 e. The number of allylic oxidation sites excluding steroid dienone is 3. The Kier molecular flexibility index (Phi) is 4.85. The first-order valence-electron chi connectivity index (χ1n) is 7.18. The molecule has 0 aliphatic carbocycles. The molecule has 1 aromatic rings. The minimum atomic E-state index is -1.18. The molecule has 0 bridgehead atoms. The van der Waals surface area contributed by atoms with Crippen LogP contribution >= 0.6 is 0 Å². The molecule has 6 heteroatoms. The predicted molar refractivity (Wildman–Crippen MR) is 87.6 cm³/mol. The monoisotopic (exact) mass is 324 g/mol. The Bertz CT molecular complexity index is 805. The van der Waals surface area contributed by atoms with Crippen LogP contribution in [0.4, 0.5) is 0 Å². The van der Waals surface area contributed by atoms with E-state index in [1.165, 1.54) is 6.08 Å². The van der Waals surface area contributed by atoms with Gasteiger partial charge in [-0.1, -0.05) is 24.3 Å². The molecule has 2 rings (SSSR count). The van der Waals surface area contributed by atoms with Crippen LogP contribution in [0.5, 0.6) is 0 Å². The van der Waals surface area contributed by atoms with Crippen molar-refractivity contribution in [1.29, 1.82) is 5.26 Å². The lowest BCUT2D eigenvalue weighted by Crippen LogP contribution is -2.31. The van der Waals surface area contributed by atoms with Gasteiger partial charge in [0.05, 0.1) is 23.1 Å². The molecule has 24 heavy (non-hydrogen) atoms. The zero-order valence-electron chi connectivity index (χ0n) is 13.2. The van der Waals surface area contributed by atoms with Crippen molar-refractivity contribution in [2.45, 2.75) is 19.8 Å². The molecule has 0 atom stereocenters. The van der Waals surface area contributed by atoms with Crippen LogP contribution in [-0.4, -0.2) is 22.2 Å². The fourth-order valence-electron chi connectivity index (χ4n) is 2.92. The number of nitrogens with zero attached hydrogens (tertiary/aromatic N) is 1. The molecule has 1 aromatic carbocycles. The molecule has 1 aliphatic rings. The van der Waals surface area contributed by atoms with Gasteiger partial charge in [0.15, 0.2) is 0 Å². The summed E-state index contributed by atoms with van der Waals surface area (Å²) in [4.78, 5) is 23.5. The molecular formula is C18H16N2O4. The molecule has 1 heterocycles. The first kappa shape index (κ1) is 17.0. The van der Waals surface area contributed by atoms with E-state index in [2.05, 4.69) is 5.32 Å². The standard InChI is InChI=1S/C18H16N2O4/c1-10-14(17(21)22)16(15(18(23)24)11(2)20-10)13-8-4-3-6-12(13)7-5-9-19/h3-8,16,20H,1-2H3,(H,21,22)(H,23,24)/b7-5+. The Labute approximate surface area is 139 Å². The van der Waals surface area contributed by atoms with E-state index >= 15 is 0 Å². The topological polar surface area (TPSA) is 110 Å². The quantitative estimate of drug-likeness (QED) is 0.734. The summed E-state index contributed by atoms with van der Waals surface area (Å²) < 4.78 is 0. The fourth-order valence-corrected chi connectivity index (χ4v) is 2.92. The third-order valence-electron chi connectivity index (χ3n) is 3.87. The fraction of sp³-hybridized carbons (Fsp3) is 0.167. The van der Waals surface area contributed by atoms with E-state index in [0.29, 0.717) is 22.5 Å². The average molecular weight is 324 g/mol. The van der Waals surface area contributed by atoms with Crippen molar-refractivity contribution in [3.63, 3.8) is 0 Å². The molecule has 1 aliphatic heterocycles. The molecule has 3 N–H and O–H groups in total. The maximum Gasteiger partial charge on any atom is 0.334 e. The molecule has 0 amide bonds. The van der Waals surface area contributed by atoms with Gasteiger partial charge in [0.1, 0.15) is 0 Å². The van der Waals surface area contributed by atoms with Crippen LogP contribution in [0.25, 0.3) is 6.08 Å². The summed E-state index contributed by atoms with van der Waals surface area (Å²) in [6, 6.07) is 8.74. The van der Waals surface area contributed by atoms with Crippen molar-refractivity contribution in [2.75, 3.05) is 0 Å². The molecule has 0 spiro atoms. The van der Waals surface area contributed by atoms with Gasteiger partial charge in [-0.25, -0.2) is 9.59 Å². The molecule has 0 saturated carbocycles. The van der Waals surface area contributed by atoms with Gasteiger partial charge in [0, 0.05) is 17.5 Å². The Morgan fingerprint density at radius 1 is 1.12 bits per heavy atom. The number of nitrogens with one attached hydrogen (secondary N) is 1. The van der Waals surface area contributed by atoms with E-state index in [0.717, 1.165) is 0 Å². The Morgan fingerprint density at radius 2 is 1.67 bits per heavy atom. The number of carboxylic acid groups (broad SMARTS) is 2. The minimum absolute atomic E-state index is 0.0178. The number of hydrogen-bond donors (Lipinski definition) is 3. The van der Waals surface area contributed by atoms with Crippen molar-refractivity contribution >= 4 is 18.0 Å². The highest BCUT2D eigenvalue weighted by Gasteiger charge is 2.37. The molecule has 122 valence electrons. The number of aliphatic carboxylic acids is 2. The van der Waals surface area contributed by atoms with E-state index in [4.69, 9.17) is 5.26 Å². The van der Waals surface area contributed by atoms with Crippen LogP contribution in [0.15, 0.2) is 52.9 Å². The van der Waals surface area contributed by atoms with Crippen LogP contribution in [0.3, 0.4) is 0 Å². The van der Waals surface area contributed by atoms with E-state index in [-0.39, 0.29) is 11.1 Å². The molecular weight excluding hydrogens is 308 g/mol. The third kappa shape index (κ3) is 3.06. The van der Waals surface area contributed by atoms with E-state index in [9.17, 15) is 19.8 Å². The highest BCUT2D eigenvalue weighted by molar-refractivity contribution is 5.98. The summed E-state index contributed by atoms with van der Waals surface area (Å²) in [6.45, 7) is 3.21. The van der Waals surface area contributed by atoms with Gasteiger partial charge in [0.25, 0.3) is 0 Å². The van der Waals surface area contributed by atoms with Crippen molar-refractivity contribution in [2.24, 2.45) is 0 Å². The second kappa shape index (κ2) is 6.84. The lowest BCUT2D eigenvalue weighted by Gasteiger charge is -2.29. The number of hydrogen-bond acceptors (Lipinski definition) is 4. The summed E-state index contributed by atoms with van der Waals surface area (Å²) in [5.41, 5.74) is 1.89. The SMILES string of the molecule is CC1=C(C(=O)O)C(c2ccccc2/C=C/C#N)C(C(=O)O)=C(C)N1. The van der Waals surface area contributed by atoms with Crippen LogP contribution in [0.1, 0.15) is 30.9 Å². The van der Waals surface area contributed by atoms with Gasteiger partial charge in [-0.15, -0.1) is 0 Å². The number of benzene rings is 1. The number of carboxylic acids is 2. The maximum atomic E-state index is 11.8. The van der Waals surface area contributed by atoms with E-state index < -0.39 is 17.9 Å². The van der Waals surface area contributed by atoms with Crippen LogP contribution in [0.2, 0.25) is 0 Å².